The molecule has 1 aromatic heterocycles. The minimum Gasteiger partial charge on any atom is -0.458 e. The highest BCUT2D eigenvalue weighted by atomic mass is 16.6. The maximum Gasteiger partial charge on any atom is 0.407 e. The average molecular weight is 312 g/mol. The first-order valence-corrected chi connectivity index (χ1v) is 7.74. The first-order valence-electron chi connectivity index (χ1n) is 7.74. The third-order valence-corrected chi connectivity index (χ3v) is 4.27. The van der Waals surface area contributed by atoms with Crippen molar-refractivity contribution in [2.24, 2.45) is 0 Å². The second-order valence-electron chi connectivity index (χ2n) is 5.79. The van der Waals surface area contributed by atoms with Gasteiger partial charge in [-0.05, 0) is 30.9 Å². The van der Waals surface area contributed by atoms with Crippen molar-refractivity contribution in [2.45, 2.75) is 25.4 Å². The molecule has 2 aromatic rings. The molecule has 1 aliphatic carbocycles. The number of esters is 1. The van der Waals surface area contributed by atoms with Crippen molar-refractivity contribution in [3.8, 4) is 0 Å². The van der Waals surface area contributed by atoms with Crippen molar-refractivity contribution < 1.29 is 19.1 Å². The van der Waals surface area contributed by atoms with E-state index in [9.17, 15) is 9.59 Å². The van der Waals surface area contributed by atoms with Gasteiger partial charge < -0.3 is 14.8 Å². The van der Waals surface area contributed by atoms with Crippen LogP contribution < -0.4 is 5.32 Å². The number of pyridine rings is 1. The van der Waals surface area contributed by atoms with E-state index in [0.29, 0.717) is 12.1 Å². The van der Waals surface area contributed by atoms with Crippen LogP contribution in [0.5, 0.6) is 0 Å². The Kier molecular flexibility index (Phi) is 3.37. The van der Waals surface area contributed by atoms with Gasteiger partial charge in [-0.15, -0.1) is 0 Å². The number of para-hydroxylation sites is 1. The summed E-state index contributed by atoms with van der Waals surface area (Å²) in [5, 5.41) is 3.36. The average Bonchev–Trinajstić information content (AvgIpc) is 3.18. The number of nitrogens with one attached hydrogen (secondary N) is 1. The van der Waals surface area contributed by atoms with Gasteiger partial charge in [0.1, 0.15) is 6.61 Å². The Hall–Kier alpha value is -2.63. The molecular formula is C17H16N2O4. The first-order chi connectivity index (χ1) is 11.2. The molecule has 1 aromatic carbocycles. The second kappa shape index (κ2) is 5.53. The standard InChI is InChI=1S/C17H16N2O4/c20-16(22-9-10-8-18-17(21)23-10)15-11-4-1-2-6-13(11)19-14-7-3-5-12(14)15/h1-2,4,6,10H,3,5,7-9H2,(H,18,21). The van der Waals surface area contributed by atoms with E-state index in [-0.39, 0.29) is 12.6 Å². The van der Waals surface area contributed by atoms with Crippen LogP contribution in [0.15, 0.2) is 24.3 Å². The molecule has 0 spiro atoms. The summed E-state index contributed by atoms with van der Waals surface area (Å²) in [6, 6.07) is 7.61. The molecular weight excluding hydrogens is 296 g/mol. The Labute approximate surface area is 132 Å². The van der Waals surface area contributed by atoms with Gasteiger partial charge in [0.25, 0.3) is 0 Å². The molecule has 1 saturated heterocycles. The summed E-state index contributed by atoms with van der Waals surface area (Å²) in [6.07, 6.45) is 1.85. The minimum absolute atomic E-state index is 0.0585. The van der Waals surface area contributed by atoms with Gasteiger partial charge in [0.15, 0.2) is 6.10 Å². The Morgan fingerprint density at radius 2 is 2.22 bits per heavy atom. The van der Waals surface area contributed by atoms with Crippen molar-refractivity contribution in [3.63, 3.8) is 0 Å². The number of fused-ring (bicyclic) bond motifs is 2. The monoisotopic (exact) mass is 312 g/mol. The van der Waals surface area contributed by atoms with E-state index in [2.05, 4.69) is 10.3 Å². The van der Waals surface area contributed by atoms with E-state index in [1.54, 1.807) is 0 Å². The lowest BCUT2D eigenvalue weighted by Gasteiger charge is -2.13. The normalized spacial score (nSPS) is 19.3. The highest BCUT2D eigenvalue weighted by Gasteiger charge is 2.27. The molecule has 1 amide bonds. The number of aromatic nitrogens is 1. The summed E-state index contributed by atoms with van der Waals surface area (Å²) >= 11 is 0. The SMILES string of the molecule is O=C1NCC(COC(=O)c2c3c(nc4ccccc24)CCC3)O1. The minimum atomic E-state index is -0.471. The van der Waals surface area contributed by atoms with Gasteiger partial charge in [0, 0.05) is 11.1 Å². The first kappa shape index (κ1) is 14.0. The van der Waals surface area contributed by atoms with Crippen LogP contribution in [0.3, 0.4) is 0 Å². The number of ether oxygens (including phenoxy) is 2. The van der Waals surface area contributed by atoms with E-state index >= 15 is 0 Å². The fraction of sp³-hybridized carbons (Fsp3) is 0.353. The fourth-order valence-electron chi connectivity index (χ4n) is 3.21. The van der Waals surface area contributed by atoms with E-state index in [0.717, 1.165) is 41.4 Å². The van der Waals surface area contributed by atoms with Crippen LogP contribution >= 0.6 is 0 Å². The van der Waals surface area contributed by atoms with Gasteiger partial charge in [0.2, 0.25) is 0 Å². The van der Waals surface area contributed by atoms with Crippen LogP contribution in [-0.2, 0) is 22.3 Å². The fourth-order valence-corrected chi connectivity index (χ4v) is 3.21. The number of hydrogen-bond acceptors (Lipinski definition) is 5. The number of hydrogen-bond donors (Lipinski definition) is 1. The molecule has 2 aliphatic rings. The van der Waals surface area contributed by atoms with Gasteiger partial charge in [-0.2, -0.15) is 0 Å². The smallest absolute Gasteiger partial charge is 0.407 e. The highest BCUT2D eigenvalue weighted by molar-refractivity contribution is 6.05. The number of benzene rings is 1. The maximum atomic E-state index is 12.6. The quantitative estimate of drug-likeness (QED) is 0.877. The van der Waals surface area contributed by atoms with Crippen molar-refractivity contribution in [2.75, 3.05) is 13.2 Å². The third kappa shape index (κ3) is 2.50. The van der Waals surface area contributed by atoms with Gasteiger partial charge in [0.05, 0.1) is 17.6 Å². The highest BCUT2D eigenvalue weighted by Crippen LogP contribution is 2.30. The van der Waals surface area contributed by atoms with E-state index in [4.69, 9.17) is 9.47 Å². The van der Waals surface area contributed by atoms with Crippen molar-refractivity contribution in [3.05, 3.63) is 41.1 Å². The molecule has 23 heavy (non-hydrogen) atoms. The summed E-state index contributed by atoms with van der Waals surface area (Å²) in [5.74, 6) is -0.371. The molecule has 1 unspecified atom stereocenters. The lowest BCUT2D eigenvalue weighted by atomic mass is 10.0. The van der Waals surface area contributed by atoms with E-state index in [1.807, 2.05) is 24.3 Å². The molecule has 2 heterocycles. The lowest BCUT2D eigenvalue weighted by molar-refractivity contribution is 0.0301. The number of cyclic esters (lactones) is 1. The molecule has 118 valence electrons. The molecule has 6 nitrogen and oxygen atoms in total. The number of amides is 1. The van der Waals surface area contributed by atoms with Crippen molar-refractivity contribution in [1.82, 2.24) is 10.3 Å². The number of nitrogens with zero attached hydrogens (tertiary/aromatic N) is 1. The molecule has 4 rings (SSSR count). The molecule has 0 bridgehead atoms. The Bertz CT molecular complexity index is 803. The van der Waals surface area contributed by atoms with Gasteiger partial charge in [-0.1, -0.05) is 18.2 Å². The van der Waals surface area contributed by atoms with Crippen LogP contribution in [0.1, 0.15) is 28.0 Å². The molecule has 0 radical (unpaired) electrons. The molecule has 1 aliphatic heterocycles. The van der Waals surface area contributed by atoms with Crippen LogP contribution in [-0.4, -0.2) is 36.3 Å². The van der Waals surface area contributed by atoms with Crippen molar-refractivity contribution >= 4 is 23.0 Å². The summed E-state index contributed by atoms with van der Waals surface area (Å²) in [5.41, 5.74) is 3.41. The van der Waals surface area contributed by atoms with Crippen LogP contribution in [0.4, 0.5) is 4.79 Å². The Morgan fingerprint density at radius 3 is 3.04 bits per heavy atom. The number of carbonyl (C=O) groups excluding carboxylic acids is 2. The van der Waals surface area contributed by atoms with Crippen molar-refractivity contribution in [1.29, 1.82) is 0 Å². The number of rotatable bonds is 3. The number of alkyl carbamates (subject to hydrolysis) is 1. The molecule has 6 heteroatoms. The molecule has 0 saturated carbocycles. The Balaban J connectivity index is 1.64. The zero-order chi connectivity index (χ0) is 15.8. The molecule has 1 N–H and O–H groups in total. The zero-order valence-electron chi connectivity index (χ0n) is 12.5. The van der Waals surface area contributed by atoms with Crippen LogP contribution in [0.2, 0.25) is 0 Å². The maximum absolute atomic E-state index is 12.6. The summed E-state index contributed by atoms with van der Waals surface area (Å²) < 4.78 is 10.4. The largest absolute Gasteiger partial charge is 0.458 e. The molecule has 1 atom stereocenters. The predicted octanol–water partition coefficient (Wildman–Crippen LogP) is 1.99. The second-order valence-corrected chi connectivity index (χ2v) is 5.79. The topological polar surface area (TPSA) is 77.5 Å². The summed E-state index contributed by atoms with van der Waals surface area (Å²) in [6.45, 7) is 0.421. The molecule has 1 fully saturated rings. The third-order valence-electron chi connectivity index (χ3n) is 4.27. The van der Waals surface area contributed by atoms with E-state index in [1.165, 1.54) is 0 Å². The predicted molar refractivity (Wildman–Crippen MR) is 82.3 cm³/mol. The van der Waals surface area contributed by atoms with E-state index < -0.39 is 12.2 Å². The van der Waals surface area contributed by atoms with Crippen LogP contribution in [0, 0.1) is 0 Å². The zero-order valence-corrected chi connectivity index (χ0v) is 12.5. The van der Waals surface area contributed by atoms with Gasteiger partial charge in [-0.25, -0.2) is 9.59 Å². The number of carbonyl (C=O) groups is 2. The van der Waals surface area contributed by atoms with Gasteiger partial charge in [-0.3, -0.25) is 4.98 Å². The summed E-state index contributed by atoms with van der Waals surface area (Å²) in [7, 11) is 0. The Morgan fingerprint density at radius 1 is 1.35 bits per heavy atom. The lowest BCUT2D eigenvalue weighted by Crippen LogP contribution is -2.23. The van der Waals surface area contributed by atoms with Crippen LogP contribution in [0.25, 0.3) is 10.9 Å². The van der Waals surface area contributed by atoms with Gasteiger partial charge >= 0.3 is 12.1 Å². The number of aryl methyl sites for hydroxylation is 1. The summed E-state index contributed by atoms with van der Waals surface area (Å²) in [4.78, 5) is 28.3.